The van der Waals surface area contributed by atoms with Crippen molar-refractivity contribution in [2.45, 2.75) is 5.75 Å². The summed E-state index contributed by atoms with van der Waals surface area (Å²) in [5, 5.41) is 7.40. The van der Waals surface area contributed by atoms with Crippen LogP contribution >= 0.6 is 27.7 Å². The predicted octanol–water partition coefficient (Wildman–Crippen LogP) is 2.03. The number of rotatable bonds is 2. The zero-order valence-electron chi connectivity index (χ0n) is 8.21. The van der Waals surface area contributed by atoms with Crippen molar-refractivity contribution < 1.29 is 4.39 Å². The van der Waals surface area contributed by atoms with E-state index < -0.39 is 0 Å². The molecule has 0 aliphatic rings. The number of amidine groups is 1. The van der Waals surface area contributed by atoms with E-state index >= 15 is 0 Å². The fourth-order valence-corrected chi connectivity index (χ4v) is 2.22. The van der Waals surface area contributed by atoms with Crippen LogP contribution in [0.25, 0.3) is 0 Å². The molecular weight excluding hydrogens is 295 g/mol. The van der Waals surface area contributed by atoms with Gasteiger partial charge in [-0.25, -0.2) is 4.39 Å². The molecule has 0 fully saturated rings. The lowest BCUT2D eigenvalue weighted by atomic mass is 10.2. The molecule has 0 bridgehead atoms. The lowest BCUT2D eigenvalue weighted by Crippen LogP contribution is -2.23. The Labute approximate surface area is 105 Å². The second-order valence-corrected chi connectivity index (χ2v) is 4.68. The molecule has 1 rings (SSSR count). The maximum absolute atomic E-state index is 12.9. The van der Waals surface area contributed by atoms with Crippen LogP contribution in [0.3, 0.4) is 0 Å². The van der Waals surface area contributed by atoms with Crippen molar-refractivity contribution in [2.24, 2.45) is 16.5 Å². The van der Waals surface area contributed by atoms with E-state index in [-0.39, 0.29) is 16.9 Å². The molecule has 0 atom stereocenters. The molecule has 0 heterocycles. The smallest absolute Gasteiger partial charge is 0.193 e. The van der Waals surface area contributed by atoms with Gasteiger partial charge in [-0.15, -0.1) is 0 Å². The summed E-state index contributed by atoms with van der Waals surface area (Å²) in [6, 6.07) is 4.38. The first-order chi connectivity index (χ1) is 7.49. The number of guanidine groups is 1. The van der Waals surface area contributed by atoms with Crippen LogP contribution in [0.5, 0.6) is 0 Å². The first-order valence-corrected chi connectivity index (χ1v) is 6.02. The van der Waals surface area contributed by atoms with Crippen LogP contribution in [0.2, 0.25) is 0 Å². The van der Waals surface area contributed by atoms with E-state index in [0.717, 1.165) is 21.8 Å². The van der Waals surface area contributed by atoms with Gasteiger partial charge in [0.15, 0.2) is 11.1 Å². The van der Waals surface area contributed by atoms with Crippen LogP contribution in [0.1, 0.15) is 5.56 Å². The Morgan fingerprint density at radius 1 is 1.50 bits per heavy atom. The van der Waals surface area contributed by atoms with E-state index in [1.165, 1.54) is 12.1 Å². The number of hydrogen-bond donors (Lipinski definition) is 3. The highest BCUT2D eigenvalue weighted by Gasteiger charge is 2.04. The monoisotopic (exact) mass is 304 g/mol. The lowest BCUT2D eigenvalue weighted by molar-refractivity contribution is 0.626. The molecule has 5 N–H and O–H groups in total. The van der Waals surface area contributed by atoms with Gasteiger partial charge in [0, 0.05) is 10.2 Å². The van der Waals surface area contributed by atoms with Gasteiger partial charge in [-0.2, -0.15) is 4.99 Å². The van der Waals surface area contributed by atoms with Crippen LogP contribution in [-0.2, 0) is 5.75 Å². The van der Waals surface area contributed by atoms with Crippen molar-refractivity contribution in [1.82, 2.24) is 0 Å². The zero-order valence-corrected chi connectivity index (χ0v) is 10.6. The van der Waals surface area contributed by atoms with Crippen LogP contribution in [-0.4, -0.2) is 11.1 Å². The molecule has 86 valence electrons. The molecule has 0 aliphatic heterocycles. The lowest BCUT2D eigenvalue weighted by Gasteiger charge is -2.03. The standard InChI is InChI=1S/C9H10BrFN4S/c10-7-2-1-6(11)3-5(7)4-16-9(14)15-8(12)13/h1-3H,4H2,(H5,12,13,14,15). The SMILES string of the molecule is N=C(N=C(N)N)SCc1cc(F)ccc1Br. The van der Waals surface area contributed by atoms with Crippen LogP contribution < -0.4 is 11.5 Å². The van der Waals surface area contributed by atoms with Crippen molar-refractivity contribution in [1.29, 1.82) is 5.41 Å². The molecule has 0 aliphatic carbocycles. The largest absolute Gasteiger partial charge is 0.370 e. The summed E-state index contributed by atoms with van der Waals surface area (Å²) in [4.78, 5) is 3.55. The fourth-order valence-electron chi connectivity index (χ4n) is 0.950. The Hall–Kier alpha value is -1.08. The molecule has 0 unspecified atom stereocenters. The third-order valence-corrected chi connectivity index (χ3v) is 3.20. The Kier molecular flexibility index (Phi) is 4.75. The summed E-state index contributed by atoms with van der Waals surface area (Å²) in [5.74, 6) is -0.0449. The molecule has 0 saturated carbocycles. The topological polar surface area (TPSA) is 88.2 Å². The van der Waals surface area contributed by atoms with Gasteiger partial charge in [-0.1, -0.05) is 27.7 Å². The molecule has 0 aromatic heterocycles. The summed E-state index contributed by atoms with van der Waals surface area (Å²) >= 11 is 4.42. The summed E-state index contributed by atoms with van der Waals surface area (Å²) in [6.07, 6.45) is 0. The van der Waals surface area contributed by atoms with Gasteiger partial charge in [-0.3, -0.25) is 5.41 Å². The molecule has 1 aromatic rings. The van der Waals surface area contributed by atoms with Gasteiger partial charge < -0.3 is 11.5 Å². The number of halogens is 2. The molecule has 0 saturated heterocycles. The fraction of sp³-hybridized carbons (Fsp3) is 0.111. The second kappa shape index (κ2) is 5.86. The molecule has 7 heteroatoms. The molecule has 0 spiro atoms. The molecule has 0 amide bonds. The minimum atomic E-state index is -0.313. The first kappa shape index (κ1) is 13.0. The number of nitrogens with one attached hydrogen (secondary N) is 1. The Balaban J connectivity index is 2.64. The van der Waals surface area contributed by atoms with Gasteiger partial charge >= 0.3 is 0 Å². The molecular formula is C9H10BrFN4S. The Bertz CT molecular complexity index is 432. The van der Waals surface area contributed by atoms with Gasteiger partial charge in [-0.05, 0) is 23.8 Å². The number of benzene rings is 1. The van der Waals surface area contributed by atoms with Crippen molar-refractivity contribution in [3.8, 4) is 0 Å². The van der Waals surface area contributed by atoms with Gasteiger partial charge in [0.2, 0.25) is 0 Å². The van der Waals surface area contributed by atoms with Crippen LogP contribution in [0.15, 0.2) is 27.7 Å². The Morgan fingerprint density at radius 2 is 2.19 bits per heavy atom. The number of nitrogens with zero attached hydrogens (tertiary/aromatic N) is 1. The summed E-state index contributed by atoms with van der Waals surface area (Å²) < 4.78 is 13.7. The molecule has 0 radical (unpaired) electrons. The highest BCUT2D eigenvalue weighted by atomic mass is 79.9. The van der Waals surface area contributed by atoms with Crippen molar-refractivity contribution in [3.63, 3.8) is 0 Å². The summed E-state index contributed by atoms with van der Waals surface area (Å²) in [5.41, 5.74) is 11.0. The van der Waals surface area contributed by atoms with Crippen LogP contribution in [0.4, 0.5) is 4.39 Å². The third kappa shape index (κ3) is 4.19. The normalized spacial score (nSPS) is 9.88. The number of thioether (sulfide) groups is 1. The van der Waals surface area contributed by atoms with Gasteiger partial charge in [0.05, 0.1) is 0 Å². The van der Waals surface area contributed by atoms with E-state index in [2.05, 4.69) is 20.9 Å². The van der Waals surface area contributed by atoms with Gasteiger partial charge in [0.25, 0.3) is 0 Å². The predicted molar refractivity (Wildman–Crippen MR) is 68.9 cm³/mol. The van der Waals surface area contributed by atoms with Crippen molar-refractivity contribution >= 4 is 38.8 Å². The quantitative estimate of drug-likeness (QED) is 0.577. The first-order valence-electron chi connectivity index (χ1n) is 4.24. The number of hydrogen-bond acceptors (Lipinski definition) is 2. The average molecular weight is 305 g/mol. The number of aliphatic imine (C=N–C) groups is 1. The van der Waals surface area contributed by atoms with E-state index in [1.807, 2.05) is 0 Å². The second-order valence-electron chi connectivity index (χ2n) is 2.87. The van der Waals surface area contributed by atoms with E-state index in [0.29, 0.717) is 5.75 Å². The van der Waals surface area contributed by atoms with E-state index in [1.54, 1.807) is 6.07 Å². The Morgan fingerprint density at radius 3 is 2.81 bits per heavy atom. The third-order valence-electron chi connectivity index (χ3n) is 1.60. The summed E-state index contributed by atoms with van der Waals surface area (Å²) in [7, 11) is 0. The van der Waals surface area contributed by atoms with E-state index in [9.17, 15) is 4.39 Å². The maximum atomic E-state index is 12.9. The van der Waals surface area contributed by atoms with Crippen molar-refractivity contribution in [3.05, 3.63) is 34.1 Å². The molecule has 1 aromatic carbocycles. The number of nitrogens with two attached hydrogens (primary N) is 2. The van der Waals surface area contributed by atoms with Crippen molar-refractivity contribution in [2.75, 3.05) is 0 Å². The highest BCUT2D eigenvalue weighted by molar-refractivity contribution is 9.10. The maximum Gasteiger partial charge on any atom is 0.193 e. The van der Waals surface area contributed by atoms with E-state index in [4.69, 9.17) is 16.9 Å². The molecule has 4 nitrogen and oxygen atoms in total. The minimum Gasteiger partial charge on any atom is -0.370 e. The average Bonchev–Trinajstić information content (AvgIpc) is 2.18. The van der Waals surface area contributed by atoms with Gasteiger partial charge in [0.1, 0.15) is 5.82 Å². The minimum absolute atomic E-state index is 0.00355. The molecule has 16 heavy (non-hydrogen) atoms. The zero-order chi connectivity index (χ0) is 12.1. The highest BCUT2D eigenvalue weighted by Crippen LogP contribution is 2.23. The van der Waals surface area contributed by atoms with Crippen LogP contribution in [0, 0.1) is 11.2 Å². The summed E-state index contributed by atoms with van der Waals surface area (Å²) in [6.45, 7) is 0.